The molecule has 0 bridgehead atoms. The van der Waals surface area contributed by atoms with Crippen molar-refractivity contribution in [1.82, 2.24) is 10.2 Å². The van der Waals surface area contributed by atoms with Crippen molar-refractivity contribution in [2.75, 3.05) is 0 Å². The van der Waals surface area contributed by atoms with Gasteiger partial charge in [-0.25, -0.2) is 0 Å². The summed E-state index contributed by atoms with van der Waals surface area (Å²) in [6.07, 6.45) is 1.80. The molecule has 1 unspecified atom stereocenters. The minimum atomic E-state index is 0.586. The van der Waals surface area contributed by atoms with Crippen LogP contribution in [-0.2, 0) is 0 Å². The number of nitrogens with zero attached hydrogens (tertiary/aromatic N) is 1. The lowest BCUT2D eigenvalue weighted by atomic mass is 9.95. The zero-order valence-corrected chi connectivity index (χ0v) is 8.76. The summed E-state index contributed by atoms with van der Waals surface area (Å²) in [7, 11) is 0. The Hall–Kier alpha value is -0.790. The van der Waals surface area contributed by atoms with Crippen LogP contribution in [0, 0.1) is 5.92 Å². The molecule has 12 heavy (non-hydrogen) atoms. The second kappa shape index (κ2) is 5.81. The van der Waals surface area contributed by atoms with Crippen molar-refractivity contribution < 1.29 is 0 Å². The van der Waals surface area contributed by atoms with Gasteiger partial charge in [-0.3, -0.25) is 5.10 Å². The van der Waals surface area contributed by atoms with Crippen LogP contribution in [0.3, 0.4) is 0 Å². The number of rotatable bonds is 2. The molecule has 1 heterocycles. The summed E-state index contributed by atoms with van der Waals surface area (Å²) < 4.78 is 0. The molecule has 0 aliphatic heterocycles. The normalized spacial score (nSPS) is 12.2. The van der Waals surface area contributed by atoms with Crippen molar-refractivity contribution in [1.29, 1.82) is 0 Å². The van der Waals surface area contributed by atoms with Gasteiger partial charge in [-0.1, -0.05) is 34.6 Å². The molecule has 1 atom stereocenters. The molecule has 0 spiro atoms. The van der Waals surface area contributed by atoms with E-state index in [1.807, 2.05) is 19.9 Å². The number of aromatic amines is 1. The average molecular weight is 168 g/mol. The lowest BCUT2D eigenvalue weighted by Gasteiger charge is -2.12. The molecule has 2 nitrogen and oxygen atoms in total. The van der Waals surface area contributed by atoms with Gasteiger partial charge in [-0.15, -0.1) is 0 Å². The maximum absolute atomic E-state index is 3.90. The molecule has 70 valence electrons. The maximum atomic E-state index is 3.90. The third-order valence-corrected chi connectivity index (χ3v) is 2.01. The summed E-state index contributed by atoms with van der Waals surface area (Å²) in [4.78, 5) is 0. The molecular formula is C10H20N2. The largest absolute Gasteiger partial charge is 0.282 e. The molecule has 0 aromatic carbocycles. The smallest absolute Gasteiger partial charge is 0.0490 e. The highest BCUT2D eigenvalue weighted by molar-refractivity contribution is 5.04. The lowest BCUT2D eigenvalue weighted by Crippen LogP contribution is -2.01. The topological polar surface area (TPSA) is 28.7 Å². The fourth-order valence-electron chi connectivity index (χ4n) is 0.879. The summed E-state index contributed by atoms with van der Waals surface area (Å²) in [5, 5.41) is 6.87. The zero-order chi connectivity index (χ0) is 9.56. The molecule has 0 amide bonds. The Morgan fingerprint density at radius 2 is 1.83 bits per heavy atom. The predicted molar refractivity (Wildman–Crippen MR) is 53.2 cm³/mol. The Morgan fingerprint density at radius 3 is 2.17 bits per heavy atom. The third-order valence-electron chi connectivity index (χ3n) is 2.01. The van der Waals surface area contributed by atoms with Crippen molar-refractivity contribution >= 4 is 0 Å². The van der Waals surface area contributed by atoms with E-state index in [1.54, 1.807) is 6.20 Å². The van der Waals surface area contributed by atoms with E-state index in [2.05, 4.69) is 31.0 Å². The van der Waals surface area contributed by atoms with E-state index in [4.69, 9.17) is 0 Å². The van der Waals surface area contributed by atoms with Gasteiger partial charge in [0.25, 0.3) is 0 Å². The first-order valence-electron chi connectivity index (χ1n) is 4.71. The quantitative estimate of drug-likeness (QED) is 0.721. The van der Waals surface area contributed by atoms with Gasteiger partial charge in [-0.2, -0.15) is 5.10 Å². The molecule has 0 saturated carbocycles. The third kappa shape index (κ3) is 3.07. The van der Waals surface area contributed by atoms with Crippen LogP contribution >= 0.6 is 0 Å². The maximum Gasteiger partial charge on any atom is 0.0490 e. The van der Waals surface area contributed by atoms with Crippen LogP contribution in [0.2, 0.25) is 0 Å². The SMILES string of the molecule is CC.CC(C)C(C)c1ccn[nH]1. The molecule has 0 radical (unpaired) electrons. The van der Waals surface area contributed by atoms with Crippen LogP contribution in [0.4, 0.5) is 0 Å². The highest BCUT2D eigenvalue weighted by Crippen LogP contribution is 2.20. The molecule has 1 aromatic heterocycles. The zero-order valence-electron chi connectivity index (χ0n) is 8.76. The van der Waals surface area contributed by atoms with Crippen molar-refractivity contribution in [3.8, 4) is 0 Å². The second-order valence-electron chi connectivity index (χ2n) is 3.04. The fraction of sp³-hybridized carbons (Fsp3) is 0.700. The predicted octanol–water partition coefficient (Wildman–Crippen LogP) is 3.20. The minimum absolute atomic E-state index is 0.586. The van der Waals surface area contributed by atoms with E-state index in [-0.39, 0.29) is 0 Å². The molecular weight excluding hydrogens is 148 g/mol. The molecule has 1 aromatic rings. The van der Waals surface area contributed by atoms with Crippen LogP contribution in [0.5, 0.6) is 0 Å². The van der Waals surface area contributed by atoms with E-state index in [0.717, 1.165) is 0 Å². The van der Waals surface area contributed by atoms with Crippen LogP contribution in [0.1, 0.15) is 46.2 Å². The van der Waals surface area contributed by atoms with Gasteiger partial charge in [0, 0.05) is 17.8 Å². The summed E-state index contributed by atoms with van der Waals surface area (Å²) in [5.74, 6) is 1.27. The Balaban J connectivity index is 0.000000561. The van der Waals surface area contributed by atoms with Gasteiger partial charge in [0.15, 0.2) is 0 Å². The van der Waals surface area contributed by atoms with Crippen LogP contribution < -0.4 is 0 Å². The van der Waals surface area contributed by atoms with Crippen molar-refractivity contribution in [3.63, 3.8) is 0 Å². The number of nitrogens with one attached hydrogen (secondary N) is 1. The molecule has 1 rings (SSSR count). The Bertz CT molecular complexity index is 178. The lowest BCUT2D eigenvalue weighted by molar-refractivity contribution is 0.522. The molecule has 0 aliphatic rings. The van der Waals surface area contributed by atoms with Gasteiger partial charge < -0.3 is 0 Å². The van der Waals surface area contributed by atoms with Crippen molar-refractivity contribution in [2.45, 2.75) is 40.5 Å². The number of hydrogen-bond donors (Lipinski definition) is 1. The van der Waals surface area contributed by atoms with Gasteiger partial charge in [-0.05, 0) is 12.0 Å². The molecule has 2 heteroatoms. The average Bonchev–Trinajstić information content (AvgIpc) is 2.58. The number of hydrogen-bond acceptors (Lipinski definition) is 1. The minimum Gasteiger partial charge on any atom is -0.282 e. The molecule has 0 aliphatic carbocycles. The Kier molecular flexibility index (Phi) is 5.43. The monoisotopic (exact) mass is 168 g/mol. The summed E-state index contributed by atoms with van der Waals surface area (Å²) >= 11 is 0. The second-order valence-corrected chi connectivity index (χ2v) is 3.04. The van der Waals surface area contributed by atoms with E-state index >= 15 is 0 Å². The van der Waals surface area contributed by atoms with E-state index in [0.29, 0.717) is 11.8 Å². The standard InChI is InChI=1S/C8H14N2.C2H6/c1-6(2)7(3)8-4-5-9-10-8;1-2/h4-7H,1-3H3,(H,9,10);1-2H3. The van der Waals surface area contributed by atoms with E-state index < -0.39 is 0 Å². The fourth-order valence-corrected chi connectivity index (χ4v) is 0.879. The summed E-state index contributed by atoms with van der Waals surface area (Å²) in [5.41, 5.74) is 1.23. The highest BCUT2D eigenvalue weighted by Gasteiger charge is 2.09. The molecule has 0 saturated heterocycles. The first-order valence-corrected chi connectivity index (χ1v) is 4.71. The highest BCUT2D eigenvalue weighted by atomic mass is 15.1. The van der Waals surface area contributed by atoms with E-state index in [9.17, 15) is 0 Å². The first kappa shape index (κ1) is 11.2. The number of H-pyrrole nitrogens is 1. The van der Waals surface area contributed by atoms with Gasteiger partial charge in [0.2, 0.25) is 0 Å². The van der Waals surface area contributed by atoms with E-state index in [1.165, 1.54) is 5.69 Å². The summed E-state index contributed by atoms with van der Waals surface area (Å²) in [6, 6.07) is 2.03. The summed E-state index contributed by atoms with van der Waals surface area (Å²) in [6.45, 7) is 10.6. The van der Waals surface area contributed by atoms with Gasteiger partial charge in [0.05, 0.1) is 0 Å². The Morgan fingerprint density at radius 1 is 1.25 bits per heavy atom. The Labute approximate surface area is 75.4 Å². The van der Waals surface area contributed by atoms with Gasteiger partial charge in [0.1, 0.15) is 0 Å². The van der Waals surface area contributed by atoms with Gasteiger partial charge >= 0.3 is 0 Å². The molecule has 1 N–H and O–H groups in total. The molecule has 0 fully saturated rings. The van der Waals surface area contributed by atoms with Crippen LogP contribution in [0.15, 0.2) is 12.3 Å². The van der Waals surface area contributed by atoms with Crippen LogP contribution in [0.25, 0.3) is 0 Å². The van der Waals surface area contributed by atoms with Crippen molar-refractivity contribution in [2.24, 2.45) is 5.92 Å². The first-order chi connectivity index (χ1) is 5.72. The number of aromatic nitrogens is 2. The van der Waals surface area contributed by atoms with Crippen molar-refractivity contribution in [3.05, 3.63) is 18.0 Å². The van der Waals surface area contributed by atoms with Crippen LogP contribution in [-0.4, -0.2) is 10.2 Å².